The van der Waals surface area contributed by atoms with E-state index >= 15 is 0 Å². The van der Waals surface area contributed by atoms with Crippen LogP contribution >= 0.6 is 0 Å². The highest BCUT2D eigenvalue weighted by Gasteiger charge is 2.53. The highest BCUT2D eigenvalue weighted by Crippen LogP contribution is 2.66. The van der Waals surface area contributed by atoms with Crippen molar-refractivity contribution >= 4 is 65.0 Å². The van der Waals surface area contributed by atoms with Crippen LogP contribution in [0.1, 0.15) is 22.3 Å². The minimum absolute atomic E-state index is 0.522. The van der Waals surface area contributed by atoms with E-state index in [0.717, 1.165) is 21.9 Å². The first-order valence-corrected chi connectivity index (χ1v) is 20.2. The molecule has 266 valence electrons. The van der Waals surface area contributed by atoms with Gasteiger partial charge < -0.3 is 4.42 Å². The summed E-state index contributed by atoms with van der Waals surface area (Å²) in [6, 6.07) is 72.9. The number of fused-ring (bicyclic) bond motifs is 15. The van der Waals surface area contributed by atoms with E-state index in [4.69, 9.17) is 4.42 Å². The minimum Gasteiger partial charge on any atom is -0.456 e. The Morgan fingerprint density at radius 2 is 0.897 bits per heavy atom. The maximum atomic E-state index is 6.38. The van der Waals surface area contributed by atoms with Crippen LogP contribution in [0.5, 0.6) is 0 Å². The summed E-state index contributed by atoms with van der Waals surface area (Å²) in [7, 11) is 0. The van der Waals surface area contributed by atoms with Crippen LogP contribution in [0.15, 0.2) is 199 Å². The average Bonchev–Trinajstić information content (AvgIpc) is 3.91. The molecule has 0 bridgehead atoms. The number of para-hydroxylation sites is 1. The molecular formula is C57H32O. The van der Waals surface area contributed by atoms with Gasteiger partial charge in [0, 0.05) is 10.8 Å². The zero-order chi connectivity index (χ0) is 37.7. The highest BCUT2D eigenvalue weighted by molar-refractivity contribution is 6.24. The van der Waals surface area contributed by atoms with Gasteiger partial charge in [-0.2, -0.15) is 0 Å². The Labute approximate surface area is 334 Å². The second kappa shape index (κ2) is 10.9. The second-order valence-electron chi connectivity index (χ2n) is 16.3. The van der Waals surface area contributed by atoms with Gasteiger partial charge in [0.25, 0.3) is 0 Å². The summed E-state index contributed by atoms with van der Waals surface area (Å²) in [6.07, 6.45) is 0. The van der Waals surface area contributed by atoms with Crippen molar-refractivity contribution in [2.75, 3.05) is 0 Å². The van der Waals surface area contributed by atoms with Gasteiger partial charge in [0.05, 0.1) is 5.41 Å². The standard InChI is InChI=1S/C57H32O/c1-2-13-41-33(10-1)24-26-45-55-46(36-25-27-52-47(30-36)44-16-5-8-19-51(44)58-52)31-40(39-28-37-22-20-34-11-9-12-35-21-23-38(29-39)54(37)53(34)35)32-50(55)57(56(41)45)48-17-6-3-14-42(48)43-15-4-7-18-49(43)57/h1-32H. The smallest absolute Gasteiger partial charge is 0.135 e. The normalized spacial score (nSPS) is 13.7. The van der Waals surface area contributed by atoms with Crippen LogP contribution in [0.3, 0.4) is 0 Å². The molecule has 0 fully saturated rings. The molecule has 0 radical (unpaired) electrons. The largest absolute Gasteiger partial charge is 0.456 e. The van der Waals surface area contributed by atoms with E-state index in [-0.39, 0.29) is 0 Å². The van der Waals surface area contributed by atoms with Crippen molar-refractivity contribution in [3.05, 3.63) is 216 Å². The Balaban J connectivity index is 1.16. The van der Waals surface area contributed by atoms with Crippen molar-refractivity contribution in [1.29, 1.82) is 0 Å². The average molecular weight is 733 g/mol. The monoisotopic (exact) mass is 732 g/mol. The van der Waals surface area contributed by atoms with E-state index in [9.17, 15) is 0 Å². The fourth-order valence-corrected chi connectivity index (χ4v) is 11.2. The number of hydrogen-bond donors (Lipinski definition) is 0. The molecule has 0 atom stereocenters. The summed E-state index contributed by atoms with van der Waals surface area (Å²) in [4.78, 5) is 0. The van der Waals surface area contributed by atoms with Crippen molar-refractivity contribution in [1.82, 2.24) is 0 Å². The molecule has 0 saturated heterocycles. The second-order valence-corrected chi connectivity index (χ2v) is 16.3. The van der Waals surface area contributed by atoms with Crippen LogP contribution in [-0.4, -0.2) is 0 Å². The molecule has 11 aromatic carbocycles. The van der Waals surface area contributed by atoms with E-state index < -0.39 is 5.41 Å². The first kappa shape index (κ1) is 30.7. The summed E-state index contributed by atoms with van der Waals surface area (Å²) in [5, 5.41) is 12.6. The molecule has 1 aromatic heterocycles. The van der Waals surface area contributed by atoms with Gasteiger partial charge in [-0.3, -0.25) is 0 Å². The quantitative estimate of drug-likeness (QED) is 0.161. The van der Waals surface area contributed by atoms with Crippen LogP contribution in [0, 0.1) is 0 Å². The van der Waals surface area contributed by atoms with E-state index in [0.29, 0.717) is 0 Å². The zero-order valence-corrected chi connectivity index (χ0v) is 31.4. The Bertz CT molecular complexity index is 3640. The lowest BCUT2D eigenvalue weighted by Gasteiger charge is -2.32. The third-order valence-corrected chi connectivity index (χ3v) is 13.6. The fourth-order valence-electron chi connectivity index (χ4n) is 11.2. The summed E-state index contributed by atoms with van der Waals surface area (Å²) < 4.78 is 6.38. The molecule has 2 aliphatic carbocycles. The van der Waals surface area contributed by atoms with Gasteiger partial charge in [-0.05, 0) is 152 Å². The van der Waals surface area contributed by atoms with Gasteiger partial charge in [-0.15, -0.1) is 0 Å². The summed E-state index contributed by atoms with van der Waals surface area (Å²) >= 11 is 0. The molecule has 2 aliphatic rings. The molecule has 1 heterocycles. The van der Waals surface area contributed by atoms with Crippen LogP contribution in [-0.2, 0) is 5.41 Å². The van der Waals surface area contributed by atoms with Gasteiger partial charge in [-0.25, -0.2) is 0 Å². The van der Waals surface area contributed by atoms with Crippen molar-refractivity contribution in [3.8, 4) is 44.5 Å². The first-order valence-electron chi connectivity index (χ1n) is 20.2. The number of hydrogen-bond acceptors (Lipinski definition) is 1. The van der Waals surface area contributed by atoms with E-state index in [2.05, 4.69) is 194 Å². The van der Waals surface area contributed by atoms with Gasteiger partial charge in [0.15, 0.2) is 0 Å². The molecule has 14 rings (SSSR count). The van der Waals surface area contributed by atoms with Crippen molar-refractivity contribution in [2.45, 2.75) is 5.41 Å². The Kier molecular flexibility index (Phi) is 5.76. The Morgan fingerprint density at radius 1 is 0.310 bits per heavy atom. The van der Waals surface area contributed by atoms with E-state index in [1.807, 2.05) is 0 Å². The fraction of sp³-hybridized carbons (Fsp3) is 0.0175. The van der Waals surface area contributed by atoms with Crippen molar-refractivity contribution < 1.29 is 4.42 Å². The van der Waals surface area contributed by atoms with Gasteiger partial charge in [0.2, 0.25) is 0 Å². The molecule has 12 aromatic rings. The predicted molar refractivity (Wildman–Crippen MR) is 242 cm³/mol. The molecule has 0 unspecified atom stereocenters. The van der Waals surface area contributed by atoms with Crippen LogP contribution in [0.2, 0.25) is 0 Å². The summed E-state index contributed by atoms with van der Waals surface area (Å²) in [5.74, 6) is 0. The molecular weight excluding hydrogens is 701 g/mol. The SMILES string of the molecule is c1ccc2c(c1)-c1ccccc1C21c2cc(-c3cc4ccc5cccc6ccc(c3)c4c56)cc(-c3ccc4oc5ccccc5c4c3)c2-c2ccc3ccccc3c21. The van der Waals surface area contributed by atoms with Crippen LogP contribution in [0.25, 0.3) is 110 Å². The maximum absolute atomic E-state index is 6.38. The lowest BCUT2D eigenvalue weighted by atomic mass is 9.69. The lowest BCUT2D eigenvalue weighted by molar-refractivity contribution is 0.669. The molecule has 0 N–H and O–H groups in total. The minimum atomic E-state index is -0.522. The van der Waals surface area contributed by atoms with E-state index in [1.54, 1.807) is 0 Å². The molecule has 0 aliphatic heterocycles. The summed E-state index contributed by atoms with van der Waals surface area (Å²) in [5.41, 5.74) is 16.8. The van der Waals surface area contributed by atoms with Gasteiger partial charge >= 0.3 is 0 Å². The topological polar surface area (TPSA) is 13.1 Å². The molecule has 1 spiro atoms. The molecule has 1 heteroatoms. The number of furan rings is 1. The van der Waals surface area contributed by atoms with Crippen LogP contribution < -0.4 is 0 Å². The van der Waals surface area contributed by atoms with Crippen LogP contribution in [0.4, 0.5) is 0 Å². The van der Waals surface area contributed by atoms with E-state index in [1.165, 1.54) is 110 Å². The van der Waals surface area contributed by atoms with Gasteiger partial charge in [0.1, 0.15) is 11.2 Å². The lowest BCUT2D eigenvalue weighted by Crippen LogP contribution is -2.26. The predicted octanol–water partition coefficient (Wildman–Crippen LogP) is 15.3. The third-order valence-electron chi connectivity index (χ3n) is 13.6. The Hall–Kier alpha value is -7.48. The Morgan fingerprint density at radius 3 is 1.67 bits per heavy atom. The molecule has 1 nitrogen and oxygen atoms in total. The molecule has 58 heavy (non-hydrogen) atoms. The van der Waals surface area contributed by atoms with Crippen molar-refractivity contribution in [3.63, 3.8) is 0 Å². The first-order chi connectivity index (χ1) is 28.7. The zero-order valence-electron chi connectivity index (χ0n) is 31.4. The number of benzene rings is 11. The van der Waals surface area contributed by atoms with Crippen molar-refractivity contribution in [2.24, 2.45) is 0 Å². The highest BCUT2D eigenvalue weighted by atomic mass is 16.3. The van der Waals surface area contributed by atoms with Gasteiger partial charge in [-0.1, -0.05) is 152 Å². The maximum Gasteiger partial charge on any atom is 0.135 e. The molecule has 0 saturated carbocycles. The molecule has 0 amide bonds. The number of rotatable bonds is 2. The third kappa shape index (κ3) is 3.77. The summed E-state index contributed by atoms with van der Waals surface area (Å²) in [6.45, 7) is 0.